The molecule has 0 unspecified atom stereocenters. The molecule has 0 saturated carbocycles. The van der Waals surface area contributed by atoms with Gasteiger partial charge in [-0.2, -0.15) is 0 Å². The number of aliphatic imine (C=N–C) groups is 1. The van der Waals surface area contributed by atoms with Gasteiger partial charge in [0.05, 0.1) is 5.75 Å². The predicted octanol–water partition coefficient (Wildman–Crippen LogP) is 1.71. The zero-order chi connectivity index (χ0) is 17.2. The van der Waals surface area contributed by atoms with Gasteiger partial charge >= 0.3 is 0 Å². The molecular weight excluding hydrogens is 427 g/mol. The number of rotatable bonds is 10. The van der Waals surface area contributed by atoms with Crippen LogP contribution in [-0.4, -0.2) is 70.1 Å². The first-order valence-electron chi connectivity index (χ1n) is 8.05. The Labute approximate surface area is 159 Å². The Morgan fingerprint density at radius 2 is 1.52 bits per heavy atom. The van der Waals surface area contributed by atoms with E-state index in [0.29, 0.717) is 25.0 Å². The van der Waals surface area contributed by atoms with Crippen LogP contribution in [0.3, 0.4) is 0 Å². The largest absolute Gasteiger partial charge is 0.356 e. The molecule has 0 heterocycles. The zero-order valence-electron chi connectivity index (χ0n) is 15.4. The standard InChI is InChI=1S/C15H34N4O2S.HI/c1-13(2)19(14(3)4)11-7-9-17-15(16-5)18-10-8-12-22(6,20)21;/h13-14H,7-12H2,1-6H3,(H2,16,17,18);1H. The third kappa shape index (κ3) is 14.0. The smallest absolute Gasteiger partial charge is 0.190 e. The van der Waals surface area contributed by atoms with Crippen molar-refractivity contribution in [2.45, 2.75) is 52.6 Å². The Morgan fingerprint density at radius 3 is 1.91 bits per heavy atom. The van der Waals surface area contributed by atoms with E-state index in [1.54, 1.807) is 7.05 Å². The molecule has 0 atom stereocenters. The van der Waals surface area contributed by atoms with Crippen LogP contribution in [0.2, 0.25) is 0 Å². The van der Waals surface area contributed by atoms with Gasteiger partial charge in [-0.05, 0) is 40.5 Å². The monoisotopic (exact) mass is 462 g/mol. The van der Waals surface area contributed by atoms with Crippen molar-refractivity contribution in [3.05, 3.63) is 0 Å². The van der Waals surface area contributed by atoms with Crippen LogP contribution in [0.4, 0.5) is 0 Å². The second-order valence-corrected chi connectivity index (χ2v) is 8.45. The van der Waals surface area contributed by atoms with Crippen LogP contribution < -0.4 is 10.6 Å². The van der Waals surface area contributed by atoms with Crippen molar-refractivity contribution in [3.63, 3.8) is 0 Å². The summed E-state index contributed by atoms with van der Waals surface area (Å²) in [5.41, 5.74) is 0. The lowest BCUT2D eigenvalue weighted by Crippen LogP contribution is -2.41. The maximum Gasteiger partial charge on any atom is 0.190 e. The number of sulfone groups is 1. The molecule has 140 valence electrons. The number of hydrogen-bond donors (Lipinski definition) is 2. The summed E-state index contributed by atoms with van der Waals surface area (Å²) in [5.74, 6) is 0.934. The van der Waals surface area contributed by atoms with E-state index in [-0.39, 0.29) is 29.7 Å². The number of nitrogens with one attached hydrogen (secondary N) is 2. The van der Waals surface area contributed by atoms with Crippen molar-refractivity contribution in [1.29, 1.82) is 0 Å². The number of hydrogen-bond acceptors (Lipinski definition) is 4. The molecule has 23 heavy (non-hydrogen) atoms. The average molecular weight is 462 g/mol. The minimum atomic E-state index is -2.88. The number of nitrogens with zero attached hydrogens (tertiary/aromatic N) is 2. The summed E-state index contributed by atoms with van der Waals surface area (Å²) in [7, 11) is -1.16. The van der Waals surface area contributed by atoms with Gasteiger partial charge in [0.1, 0.15) is 9.84 Å². The first-order valence-corrected chi connectivity index (χ1v) is 10.1. The van der Waals surface area contributed by atoms with E-state index in [0.717, 1.165) is 25.5 Å². The van der Waals surface area contributed by atoms with E-state index in [1.165, 1.54) is 6.26 Å². The van der Waals surface area contributed by atoms with Gasteiger partial charge in [-0.3, -0.25) is 9.89 Å². The Kier molecular flexibility index (Phi) is 14.5. The van der Waals surface area contributed by atoms with Crippen LogP contribution in [0.5, 0.6) is 0 Å². The molecule has 8 heteroatoms. The first-order chi connectivity index (χ1) is 10.2. The molecule has 0 aromatic heterocycles. The second kappa shape index (κ2) is 13.2. The van der Waals surface area contributed by atoms with Gasteiger partial charge < -0.3 is 10.6 Å². The summed E-state index contributed by atoms with van der Waals surface area (Å²) < 4.78 is 22.1. The van der Waals surface area contributed by atoms with Crippen molar-refractivity contribution in [2.24, 2.45) is 4.99 Å². The summed E-state index contributed by atoms with van der Waals surface area (Å²) in [6.07, 6.45) is 2.89. The van der Waals surface area contributed by atoms with Crippen LogP contribution in [0.25, 0.3) is 0 Å². The topological polar surface area (TPSA) is 73.8 Å². The molecule has 0 saturated heterocycles. The fourth-order valence-corrected chi connectivity index (χ4v) is 3.01. The summed E-state index contributed by atoms with van der Waals surface area (Å²) in [5, 5.41) is 6.40. The minimum Gasteiger partial charge on any atom is -0.356 e. The summed E-state index contributed by atoms with van der Waals surface area (Å²) in [6.45, 7) is 11.4. The number of guanidine groups is 1. The highest BCUT2D eigenvalue weighted by Gasteiger charge is 2.12. The van der Waals surface area contributed by atoms with Crippen LogP contribution >= 0.6 is 24.0 Å². The lowest BCUT2D eigenvalue weighted by Gasteiger charge is -2.30. The van der Waals surface area contributed by atoms with Gasteiger partial charge in [0.25, 0.3) is 0 Å². The Morgan fingerprint density at radius 1 is 1.04 bits per heavy atom. The molecule has 0 radical (unpaired) electrons. The lowest BCUT2D eigenvalue weighted by atomic mass is 10.2. The van der Waals surface area contributed by atoms with Crippen molar-refractivity contribution >= 4 is 39.8 Å². The van der Waals surface area contributed by atoms with Crippen molar-refractivity contribution in [2.75, 3.05) is 38.7 Å². The first kappa shape index (κ1) is 25.2. The molecule has 0 aliphatic heterocycles. The van der Waals surface area contributed by atoms with Crippen molar-refractivity contribution < 1.29 is 8.42 Å². The molecule has 2 N–H and O–H groups in total. The lowest BCUT2D eigenvalue weighted by molar-refractivity contribution is 0.173. The molecule has 0 aliphatic carbocycles. The molecule has 0 amide bonds. The van der Waals surface area contributed by atoms with Crippen molar-refractivity contribution in [1.82, 2.24) is 15.5 Å². The van der Waals surface area contributed by atoms with Crippen molar-refractivity contribution in [3.8, 4) is 0 Å². The molecule has 0 spiro atoms. The quantitative estimate of drug-likeness (QED) is 0.224. The summed E-state index contributed by atoms with van der Waals surface area (Å²) in [4.78, 5) is 6.60. The molecule has 0 aliphatic rings. The van der Waals surface area contributed by atoms with E-state index in [9.17, 15) is 8.42 Å². The fourth-order valence-electron chi connectivity index (χ4n) is 2.34. The normalized spacial score (nSPS) is 12.7. The van der Waals surface area contributed by atoms with E-state index in [1.807, 2.05) is 0 Å². The summed E-state index contributed by atoms with van der Waals surface area (Å²) in [6, 6.07) is 1.10. The van der Waals surface area contributed by atoms with Crippen LogP contribution in [0.1, 0.15) is 40.5 Å². The van der Waals surface area contributed by atoms with E-state index in [4.69, 9.17) is 0 Å². The third-order valence-electron chi connectivity index (χ3n) is 3.42. The molecule has 0 rings (SSSR count). The van der Waals surface area contributed by atoms with Crippen LogP contribution in [-0.2, 0) is 9.84 Å². The van der Waals surface area contributed by atoms with Gasteiger partial charge in [-0.15, -0.1) is 24.0 Å². The fraction of sp³-hybridized carbons (Fsp3) is 0.933. The van der Waals surface area contributed by atoms with Gasteiger partial charge in [-0.1, -0.05) is 0 Å². The van der Waals surface area contributed by atoms with Gasteiger partial charge in [0.15, 0.2) is 5.96 Å². The average Bonchev–Trinajstić information content (AvgIpc) is 2.38. The van der Waals surface area contributed by atoms with E-state index < -0.39 is 9.84 Å². The van der Waals surface area contributed by atoms with Crippen LogP contribution in [0.15, 0.2) is 4.99 Å². The highest BCUT2D eigenvalue weighted by molar-refractivity contribution is 14.0. The maximum atomic E-state index is 11.1. The van der Waals surface area contributed by atoms with Gasteiger partial charge in [-0.25, -0.2) is 8.42 Å². The molecule has 0 aromatic rings. The van der Waals surface area contributed by atoms with Gasteiger partial charge in [0, 0.05) is 45.0 Å². The maximum absolute atomic E-state index is 11.1. The molecule has 0 bridgehead atoms. The Bertz CT molecular complexity index is 417. The highest BCUT2D eigenvalue weighted by Crippen LogP contribution is 2.05. The van der Waals surface area contributed by atoms with Crippen LogP contribution in [0, 0.1) is 0 Å². The molecule has 6 nitrogen and oxygen atoms in total. The Hall–Kier alpha value is -0.0900. The highest BCUT2D eigenvalue weighted by atomic mass is 127. The van der Waals surface area contributed by atoms with Gasteiger partial charge in [0.2, 0.25) is 0 Å². The zero-order valence-corrected chi connectivity index (χ0v) is 18.6. The SMILES string of the molecule is CN=C(NCCCN(C(C)C)C(C)C)NCCCS(C)(=O)=O.I. The Balaban J connectivity index is 0. The minimum absolute atomic E-state index is 0. The predicted molar refractivity (Wildman–Crippen MR) is 111 cm³/mol. The molecule has 0 aromatic carbocycles. The second-order valence-electron chi connectivity index (χ2n) is 6.19. The van der Waals surface area contributed by atoms with E-state index >= 15 is 0 Å². The van der Waals surface area contributed by atoms with E-state index in [2.05, 4.69) is 48.2 Å². The third-order valence-corrected chi connectivity index (χ3v) is 4.45. The molecule has 0 fully saturated rings. The number of halogens is 1. The summed E-state index contributed by atoms with van der Waals surface area (Å²) >= 11 is 0. The molecular formula is C15H35IN4O2S.